The first kappa shape index (κ1) is 23.4. The number of nitrogens with zero attached hydrogens (tertiary/aromatic N) is 3. The Morgan fingerprint density at radius 2 is 1.61 bits per heavy atom. The zero-order valence-electron chi connectivity index (χ0n) is 19.3. The summed E-state index contributed by atoms with van der Waals surface area (Å²) in [4.78, 5) is 21.7. The van der Waals surface area contributed by atoms with E-state index >= 15 is 0 Å². The van der Waals surface area contributed by atoms with Crippen molar-refractivity contribution in [1.82, 2.24) is 19.9 Å². The summed E-state index contributed by atoms with van der Waals surface area (Å²) in [5.41, 5.74) is 9.23. The zero-order valence-corrected chi connectivity index (χ0v) is 20.1. The van der Waals surface area contributed by atoms with Crippen LogP contribution in [0.4, 0.5) is 10.2 Å². The Morgan fingerprint density at radius 1 is 0.972 bits per heavy atom. The molecule has 0 saturated carbocycles. The average Bonchev–Trinajstić information content (AvgIpc) is 3.14. The maximum atomic E-state index is 13.7. The molecule has 0 aliphatic carbocycles. The molecule has 0 spiro atoms. The third kappa shape index (κ3) is 4.16. The fraction of sp³-hybridized carbons (Fsp3) is 0.115. The van der Waals surface area contributed by atoms with Crippen LogP contribution in [0.1, 0.15) is 15.9 Å². The van der Waals surface area contributed by atoms with E-state index in [1.165, 1.54) is 36.4 Å². The van der Waals surface area contributed by atoms with Crippen molar-refractivity contribution >= 4 is 43.8 Å². The highest BCUT2D eigenvalue weighted by atomic mass is 32.2. The number of hydrogen-bond acceptors (Lipinski definition) is 6. The van der Waals surface area contributed by atoms with E-state index in [1.807, 2.05) is 13.0 Å². The van der Waals surface area contributed by atoms with Gasteiger partial charge in [-0.2, -0.15) is 0 Å². The molecule has 0 atom stereocenters. The van der Waals surface area contributed by atoms with Crippen molar-refractivity contribution < 1.29 is 17.6 Å². The summed E-state index contributed by atoms with van der Waals surface area (Å²) < 4.78 is 42.0. The molecule has 3 aromatic carbocycles. The number of hydrogen-bond donors (Lipinski definition) is 2. The molecule has 5 rings (SSSR count). The second-order valence-electron chi connectivity index (χ2n) is 8.33. The number of nitrogens with one attached hydrogen (secondary N) is 1. The van der Waals surface area contributed by atoms with Gasteiger partial charge in [-0.3, -0.25) is 4.79 Å². The molecule has 0 fully saturated rings. The molecule has 0 unspecified atom stereocenters. The van der Waals surface area contributed by atoms with Gasteiger partial charge in [0.15, 0.2) is 5.65 Å². The molecule has 3 N–H and O–H groups in total. The lowest BCUT2D eigenvalue weighted by Gasteiger charge is -2.10. The van der Waals surface area contributed by atoms with Crippen molar-refractivity contribution in [3.63, 3.8) is 0 Å². The molecule has 0 bridgehead atoms. The van der Waals surface area contributed by atoms with Gasteiger partial charge in [-0.25, -0.2) is 22.8 Å². The minimum atomic E-state index is -4.02. The first-order valence-corrected chi connectivity index (χ1v) is 12.6. The largest absolute Gasteiger partial charge is 0.384 e. The fourth-order valence-electron chi connectivity index (χ4n) is 4.00. The number of carbonyl (C=O) groups is 1. The third-order valence-corrected chi connectivity index (χ3v) is 7.71. The third-order valence-electron chi connectivity index (χ3n) is 5.87. The van der Waals surface area contributed by atoms with Gasteiger partial charge >= 0.3 is 0 Å². The lowest BCUT2D eigenvalue weighted by atomic mass is 10.2. The first-order valence-electron chi connectivity index (χ1n) is 11.2. The molecule has 0 radical (unpaired) electrons. The molecule has 8 nitrogen and oxygen atoms in total. The van der Waals surface area contributed by atoms with E-state index in [-0.39, 0.29) is 34.2 Å². The summed E-state index contributed by atoms with van der Waals surface area (Å²) in [5, 5.41) is 2.75. The van der Waals surface area contributed by atoms with Gasteiger partial charge in [-0.1, -0.05) is 29.8 Å². The number of benzene rings is 3. The number of amides is 1. The number of carbonyl (C=O) groups excluding carboxylic acids is 1. The topological polar surface area (TPSA) is 120 Å². The predicted octanol–water partition coefficient (Wildman–Crippen LogP) is 3.88. The summed E-state index contributed by atoms with van der Waals surface area (Å²) in [6.45, 7) is 2.14. The second kappa shape index (κ2) is 9.04. The molecule has 10 heteroatoms. The number of aryl methyl sites for hydroxylation is 1. The Hall–Kier alpha value is -4.31. The number of fused-ring (bicyclic) bond motifs is 2. The van der Waals surface area contributed by atoms with Crippen LogP contribution in [0.2, 0.25) is 0 Å². The van der Waals surface area contributed by atoms with Gasteiger partial charge in [0.1, 0.15) is 22.0 Å². The first-order chi connectivity index (χ1) is 17.3. The van der Waals surface area contributed by atoms with E-state index in [0.29, 0.717) is 22.2 Å². The smallest absolute Gasteiger partial charge is 0.251 e. The van der Waals surface area contributed by atoms with Crippen molar-refractivity contribution in [2.45, 2.75) is 23.3 Å². The number of halogens is 1. The zero-order chi connectivity index (χ0) is 25.4. The van der Waals surface area contributed by atoms with Gasteiger partial charge in [0.2, 0.25) is 9.84 Å². The van der Waals surface area contributed by atoms with Crippen molar-refractivity contribution in [3.8, 4) is 0 Å². The number of anilines is 1. The van der Waals surface area contributed by atoms with Crippen LogP contribution >= 0.6 is 0 Å². The maximum absolute atomic E-state index is 13.7. The SMILES string of the molecule is Cc1ccc(S(=O)(=O)c2c(N)n(CCNC(=O)c3ccc(F)cc3)c3nc4ccccc4nc23)cc1. The molecule has 1 amide bonds. The van der Waals surface area contributed by atoms with E-state index in [9.17, 15) is 17.6 Å². The van der Waals surface area contributed by atoms with Crippen LogP contribution in [0.15, 0.2) is 82.6 Å². The lowest BCUT2D eigenvalue weighted by Crippen LogP contribution is -2.27. The van der Waals surface area contributed by atoms with E-state index < -0.39 is 21.6 Å². The fourth-order valence-corrected chi connectivity index (χ4v) is 5.51. The Bertz CT molecular complexity index is 1710. The summed E-state index contributed by atoms with van der Waals surface area (Å²) in [5.74, 6) is -0.850. The van der Waals surface area contributed by atoms with E-state index in [0.717, 1.165) is 5.56 Å². The number of rotatable bonds is 6. The summed E-state index contributed by atoms with van der Waals surface area (Å²) >= 11 is 0. The quantitative estimate of drug-likeness (QED) is 0.363. The van der Waals surface area contributed by atoms with Gasteiger partial charge in [0.25, 0.3) is 5.91 Å². The minimum absolute atomic E-state index is 0.0167. The molecular weight excluding hydrogens is 481 g/mol. The van der Waals surface area contributed by atoms with Crippen LogP contribution in [-0.2, 0) is 16.4 Å². The molecule has 5 aromatic rings. The Morgan fingerprint density at radius 3 is 2.28 bits per heavy atom. The highest BCUT2D eigenvalue weighted by Crippen LogP contribution is 2.35. The monoisotopic (exact) mass is 503 g/mol. The molecule has 182 valence electrons. The van der Waals surface area contributed by atoms with Crippen LogP contribution < -0.4 is 11.1 Å². The molecule has 0 aliphatic rings. The Kier molecular flexibility index (Phi) is 5.89. The van der Waals surface area contributed by atoms with Crippen LogP contribution in [0.25, 0.3) is 22.2 Å². The Balaban J connectivity index is 1.57. The number of nitrogen functional groups attached to an aromatic ring is 1. The Labute approximate surface area is 206 Å². The summed E-state index contributed by atoms with van der Waals surface area (Å²) in [6, 6.07) is 18.8. The van der Waals surface area contributed by atoms with Crippen molar-refractivity contribution in [2.24, 2.45) is 0 Å². The van der Waals surface area contributed by atoms with Crippen LogP contribution in [0, 0.1) is 12.7 Å². The molecule has 0 saturated heterocycles. The summed E-state index contributed by atoms with van der Waals surface area (Å²) in [7, 11) is -4.02. The second-order valence-corrected chi connectivity index (χ2v) is 10.2. The van der Waals surface area contributed by atoms with Gasteiger partial charge in [-0.15, -0.1) is 0 Å². The van der Waals surface area contributed by atoms with Crippen molar-refractivity contribution in [2.75, 3.05) is 12.3 Å². The molecule has 0 aliphatic heterocycles. The standard InChI is InChI=1S/C26H22FN5O3S/c1-16-6-12-19(13-7-16)36(34,35)23-22-25(31-21-5-3-2-4-20(21)30-22)32(24(23)28)15-14-29-26(33)17-8-10-18(27)11-9-17/h2-13H,14-15,28H2,1H3,(H,29,33). The van der Waals surface area contributed by atoms with E-state index in [2.05, 4.69) is 15.3 Å². The normalized spacial score (nSPS) is 11.7. The predicted molar refractivity (Wildman–Crippen MR) is 135 cm³/mol. The van der Waals surface area contributed by atoms with Crippen molar-refractivity contribution in [1.29, 1.82) is 0 Å². The highest BCUT2D eigenvalue weighted by molar-refractivity contribution is 7.92. The number of sulfone groups is 1. The number of nitrogens with two attached hydrogens (primary N) is 1. The van der Waals surface area contributed by atoms with Gasteiger partial charge in [0, 0.05) is 18.7 Å². The van der Waals surface area contributed by atoms with Crippen LogP contribution in [0.3, 0.4) is 0 Å². The van der Waals surface area contributed by atoms with Crippen LogP contribution in [-0.4, -0.2) is 35.4 Å². The van der Waals surface area contributed by atoms with E-state index in [1.54, 1.807) is 34.9 Å². The van der Waals surface area contributed by atoms with E-state index in [4.69, 9.17) is 5.73 Å². The molecule has 2 aromatic heterocycles. The molecule has 36 heavy (non-hydrogen) atoms. The van der Waals surface area contributed by atoms with Gasteiger partial charge in [0.05, 0.1) is 15.9 Å². The lowest BCUT2D eigenvalue weighted by molar-refractivity contribution is 0.0952. The molecular formula is C26H22FN5O3S. The van der Waals surface area contributed by atoms with Crippen molar-refractivity contribution in [3.05, 3.63) is 89.7 Å². The minimum Gasteiger partial charge on any atom is -0.384 e. The average molecular weight is 504 g/mol. The van der Waals surface area contributed by atoms with Gasteiger partial charge in [-0.05, 0) is 55.5 Å². The van der Waals surface area contributed by atoms with Crippen LogP contribution in [0.5, 0.6) is 0 Å². The summed E-state index contributed by atoms with van der Waals surface area (Å²) in [6.07, 6.45) is 0. The van der Waals surface area contributed by atoms with Gasteiger partial charge < -0.3 is 15.6 Å². The highest BCUT2D eigenvalue weighted by Gasteiger charge is 2.30. The number of aromatic nitrogens is 3. The number of para-hydroxylation sites is 2. The maximum Gasteiger partial charge on any atom is 0.251 e. The molecule has 2 heterocycles.